The normalized spacial score (nSPS) is 25.8. The number of halogens is 1. The van der Waals surface area contributed by atoms with Gasteiger partial charge in [-0.25, -0.2) is 12.8 Å². The Labute approximate surface area is 253 Å². The van der Waals surface area contributed by atoms with Gasteiger partial charge in [-0.15, -0.1) is 4.59 Å². The Morgan fingerprint density at radius 1 is 0.930 bits per heavy atom. The van der Waals surface area contributed by atoms with Crippen LogP contribution < -0.4 is 10.3 Å². The van der Waals surface area contributed by atoms with E-state index >= 15 is 0 Å². The highest BCUT2D eigenvalue weighted by Gasteiger charge is 2.49. The zero-order chi connectivity index (χ0) is 30.2. The fraction of sp³-hybridized carbons (Fsp3) is 0.353. The second-order valence-electron chi connectivity index (χ2n) is 12.1. The quantitative estimate of drug-likeness (QED) is 0.361. The number of quaternary nitrogens is 1. The number of sulfone groups is 1. The molecule has 2 heterocycles. The lowest BCUT2D eigenvalue weighted by Crippen LogP contribution is -2.45. The lowest BCUT2D eigenvalue weighted by molar-refractivity contribution is -0.125. The van der Waals surface area contributed by atoms with Crippen molar-refractivity contribution in [1.29, 1.82) is 0 Å². The first-order valence-corrected chi connectivity index (χ1v) is 16.9. The van der Waals surface area contributed by atoms with E-state index in [0.717, 1.165) is 49.1 Å². The molecule has 1 amide bonds. The van der Waals surface area contributed by atoms with E-state index < -0.39 is 9.84 Å². The lowest BCUT2D eigenvalue weighted by atomic mass is 9.82. The summed E-state index contributed by atoms with van der Waals surface area (Å²) < 4.78 is 38.4. The SMILES string of the molecule is CS(=O)(=O)c1ccc(C[N+]2(c3ccc(F)cc3)N=CC(C(=O)N3CC[C@H](c4ccccc4)C3)=C2C2CCC(N)CC2)cc1. The maximum Gasteiger partial charge on any atom is 0.261 e. The number of rotatable bonds is 7. The number of hydrogen-bond acceptors (Lipinski definition) is 5. The molecule has 1 saturated heterocycles. The van der Waals surface area contributed by atoms with Crippen LogP contribution in [0, 0.1) is 11.7 Å². The van der Waals surface area contributed by atoms with E-state index in [1.165, 1.54) is 24.0 Å². The van der Waals surface area contributed by atoms with E-state index in [9.17, 15) is 17.6 Å². The predicted octanol–water partition coefficient (Wildman–Crippen LogP) is 5.52. The smallest absolute Gasteiger partial charge is 0.261 e. The van der Waals surface area contributed by atoms with Crippen LogP contribution in [-0.4, -0.2) is 50.8 Å². The number of benzene rings is 3. The van der Waals surface area contributed by atoms with Crippen LogP contribution in [0.2, 0.25) is 0 Å². The lowest BCUT2D eigenvalue weighted by Gasteiger charge is -2.37. The highest BCUT2D eigenvalue weighted by atomic mass is 32.2. The first-order chi connectivity index (χ1) is 20.6. The van der Waals surface area contributed by atoms with E-state index in [0.29, 0.717) is 25.2 Å². The van der Waals surface area contributed by atoms with Crippen LogP contribution in [-0.2, 0) is 21.2 Å². The topological polar surface area (TPSA) is 92.8 Å². The minimum absolute atomic E-state index is 0.00936. The molecule has 0 radical (unpaired) electrons. The second-order valence-corrected chi connectivity index (χ2v) is 14.1. The minimum atomic E-state index is -3.35. The summed E-state index contributed by atoms with van der Waals surface area (Å²) in [5.74, 6) is -0.0299. The maximum absolute atomic E-state index is 14.3. The molecule has 9 heteroatoms. The number of nitrogens with zero attached hydrogens (tertiary/aromatic N) is 3. The van der Waals surface area contributed by atoms with Crippen molar-refractivity contribution in [2.75, 3.05) is 19.3 Å². The zero-order valence-corrected chi connectivity index (χ0v) is 25.2. The van der Waals surface area contributed by atoms with Gasteiger partial charge in [0, 0.05) is 54.9 Å². The van der Waals surface area contributed by atoms with Crippen molar-refractivity contribution < 1.29 is 17.6 Å². The molecule has 224 valence electrons. The van der Waals surface area contributed by atoms with Crippen molar-refractivity contribution in [2.24, 2.45) is 16.8 Å². The van der Waals surface area contributed by atoms with Crippen molar-refractivity contribution >= 4 is 27.6 Å². The average molecular weight is 602 g/mol. The molecule has 2 N–H and O–H groups in total. The largest absolute Gasteiger partial charge is 0.338 e. The van der Waals surface area contributed by atoms with Gasteiger partial charge in [-0.05, 0) is 61.9 Å². The second kappa shape index (κ2) is 11.8. The van der Waals surface area contributed by atoms with Crippen LogP contribution >= 0.6 is 0 Å². The summed E-state index contributed by atoms with van der Waals surface area (Å²) in [5.41, 5.74) is 10.7. The van der Waals surface area contributed by atoms with Crippen LogP contribution in [0.15, 0.2) is 100 Å². The molecule has 1 aliphatic carbocycles. The Balaban J connectivity index is 1.43. The Hall–Kier alpha value is -3.66. The first-order valence-electron chi connectivity index (χ1n) is 15.0. The van der Waals surface area contributed by atoms with Gasteiger partial charge >= 0.3 is 0 Å². The fourth-order valence-electron chi connectivity index (χ4n) is 6.89. The molecule has 3 aromatic rings. The van der Waals surface area contributed by atoms with Crippen molar-refractivity contribution in [1.82, 2.24) is 9.49 Å². The van der Waals surface area contributed by atoms with Gasteiger partial charge < -0.3 is 10.6 Å². The summed E-state index contributed by atoms with van der Waals surface area (Å²) in [6, 6.07) is 23.6. The van der Waals surface area contributed by atoms with Crippen LogP contribution in [0.5, 0.6) is 0 Å². The predicted molar refractivity (Wildman–Crippen MR) is 167 cm³/mol. The maximum atomic E-state index is 14.3. The number of carbonyl (C=O) groups is 1. The number of allylic oxidation sites excluding steroid dienone is 1. The Kier molecular flexibility index (Phi) is 8.06. The molecule has 0 spiro atoms. The van der Waals surface area contributed by atoms with Gasteiger partial charge in [0.1, 0.15) is 24.1 Å². The third-order valence-corrected chi connectivity index (χ3v) is 10.3. The average Bonchev–Trinajstić information content (AvgIpc) is 3.65. The van der Waals surface area contributed by atoms with Gasteiger partial charge in [0.2, 0.25) is 0 Å². The van der Waals surface area contributed by atoms with Gasteiger partial charge in [-0.2, -0.15) is 0 Å². The molecule has 1 saturated carbocycles. The van der Waals surface area contributed by atoms with Gasteiger partial charge in [-0.1, -0.05) is 47.6 Å². The van der Waals surface area contributed by atoms with E-state index in [-0.39, 0.29) is 39.1 Å². The summed E-state index contributed by atoms with van der Waals surface area (Å²) in [6.45, 7) is 1.67. The zero-order valence-electron chi connectivity index (χ0n) is 24.4. The molecule has 3 aromatic carbocycles. The van der Waals surface area contributed by atoms with Crippen molar-refractivity contribution in [2.45, 2.75) is 55.5 Å². The molecule has 0 aromatic heterocycles. The summed E-state index contributed by atoms with van der Waals surface area (Å²) in [6.07, 6.45) is 7.17. The highest BCUT2D eigenvalue weighted by molar-refractivity contribution is 7.90. The Bertz CT molecular complexity index is 1650. The number of nitrogens with two attached hydrogens (primary N) is 1. The van der Waals surface area contributed by atoms with Gasteiger partial charge in [0.25, 0.3) is 5.91 Å². The molecule has 1 unspecified atom stereocenters. The fourth-order valence-corrected chi connectivity index (χ4v) is 7.52. The summed E-state index contributed by atoms with van der Waals surface area (Å²) >= 11 is 0. The Morgan fingerprint density at radius 3 is 2.26 bits per heavy atom. The van der Waals surface area contributed by atoms with Gasteiger partial charge in [0.15, 0.2) is 21.2 Å². The van der Waals surface area contributed by atoms with Crippen LogP contribution in [0.1, 0.15) is 49.1 Å². The van der Waals surface area contributed by atoms with Crippen LogP contribution in [0.3, 0.4) is 0 Å². The third kappa shape index (κ3) is 5.94. The standard InChI is InChI=1S/C34H38FN4O3S/c1-43(41,42)31-17-7-24(8-18-31)23-39(30-15-11-28(35)12-16-30)33(26-9-13-29(36)14-10-26)32(21-37-39)34(40)38-20-19-27(22-38)25-5-3-2-4-6-25/h2-8,11-12,15-18,21,26-27,29H,9-10,13-14,19-20,22-23,36H2,1H3/q+1/t26?,27-,29?,39?/m0/s1. The molecule has 0 bridgehead atoms. The molecular weight excluding hydrogens is 563 g/mol. The monoisotopic (exact) mass is 601 g/mol. The minimum Gasteiger partial charge on any atom is -0.338 e. The van der Waals surface area contributed by atoms with Gasteiger partial charge in [-0.3, -0.25) is 4.79 Å². The summed E-state index contributed by atoms with van der Waals surface area (Å²) in [5, 5.41) is 5.08. The Morgan fingerprint density at radius 2 is 1.60 bits per heavy atom. The molecule has 2 aliphatic heterocycles. The number of carbonyl (C=O) groups excluding carboxylic acids is 1. The highest BCUT2D eigenvalue weighted by Crippen LogP contribution is 2.45. The first kappa shape index (κ1) is 29.4. The van der Waals surface area contributed by atoms with E-state index in [1.807, 2.05) is 23.1 Å². The van der Waals surface area contributed by atoms with E-state index in [4.69, 9.17) is 10.8 Å². The van der Waals surface area contributed by atoms with Gasteiger partial charge in [0.05, 0.1) is 4.90 Å². The number of hydrogen-bond donors (Lipinski definition) is 1. The molecule has 7 nitrogen and oxygen atoms in total. The van der Waals surface area contributed by atoms with Crippen molar-refractivity contribution in [3.63, 3.8) is 0 Å². The summed E-state index contributed by atoms with van der Waals surface area (Å²) in [7, 11) is -3.35. The number of amides is 1. The van der Waals surface area contributed by atoms with Crippen LogP contribution in [0.4, 0.5) is 10.1 Å². The summed E-state index contributed by atoms with van der Waals surface area (Å²) in [4.78, 5) is 16.5. The van der Waals surface area contributed by atoms with Crippen LogP contribution in [0.25, 0.3) is 0 Å². The molecule has 43 heavy (non-hydrogen) atoms. The van der Waals surface area contributed by atoms with E-state index in [1.54, 1.807) is 42.6 Å². The van der Waals surface area contributed by atoms with Crippen molar-refractivity contribution in [3.05, 3.63) is 107 Å². The molecule has 3 aliphatic rings. The van der Waals surface area contributed by atoms with Crippen molar-refractivity contribution in [3.8, 4) is 0 Å². The molecule has 2 fully saturated rings. The van der Waals surface area contributed by atoms with E-state index in [2.05, 4.69) is 12.1 Å². The number of likely N-dealkylation sites (tertiary alicyclic amines) is 1. The molecule has 2 atom stereocenters. The molecular formula is C34H38FN4O3S+. The third-order valence-electron chi connectivity index (χ3n) is 9.21. The molecule has 6 rings (SSSR count).